The average Bonchev–Trinajstić information content (AvgIpc) is 2.94. The number of carboxylic acids is 1. The summed E-state index contributed by atoms with van der Waals surface area (Å²) < 4.78 is 14.4. The number of halogens is 1. The van der Waals surface area contributed by atoms with Gasteiger partial charge in [-0.3, -0.25) is 9.36 Å². The van der Waals surface area contributed by atoms with Crippen LogP contribution in [0.1, 0.15) is 10.4 Å². The van der Waals surface area contributed by atoms with Gasteiger partial charge in [-0.2, -0.15) is 4.39 Å². The summed E-state index contributed by atoms with van der Waals surface area (Å²) in [6.45, 7) is 0. The van der Waals surface area contributed by atoms with Gasteiger partial charge >= 0.3 is 5.97 Å². The number of hydrogen-bond acceptors (Lipinski definition) is 3. The number of carbonyl (C=O) groups is 1. The molecule has 2 heterocycles. The van der Waals surface area contributed by atoms with Gasteiger partial charge in [-0.1, -0.05) is 12.1 Å². The molecule has 0 fully saturated rings. The van der Waals surface area contributed by atoms with E-state index in [0.29, 0.717) is 5.69 Å². The SMILES string of the molecule is O=C(O)c1ccc(=O)n(-c2cccc(-c3ccc(F)s3)c2)c1. The highest BCUT2D eigenvalue weighted by atomic mass is 32.1. The zero-order chi connectivity index (χ0) is 15.7. The molecule has 3 aromatic rings. The molecular formula is C16H10FNO3S. The molecule has 0 saturated carbocycles. The van der Waals surface area contributed by atoms with Crippen LogP contribution in [0.25, 0.3) is 16.1 Å². The van der Waals surface area contributed by atoms with E-state index in [4.69, 9.17) is 5.11 Å². The molecule has 22 heavy (non-hydrogen) atoms. The minimum Gasteiger partial charge on any atom is -0.478 e. The van der Waals surface area contributed by atoms with Crippen LogP contribution in [0.5, 0.6) is 0 Å². The lowest BCUT2D eigenvalue weighted by Gasteiger charge is -2.08. The van der Waals surface area contributed by atoms with E-state index in [9.17, 15) is 14.0 Å². The summed E-state index contributed by atoms with van der Waals surface area (Å²) >= 11 is 1.01. The van der Waals surface area contributed by atoms with Crippen molar-refractivity contribution in [1.29, 1.82) is 0 Å². The van der Waals surface area contributed by atoms with Gasteiger partial charge in [0.15, 0.2) is 5.13 Å². The lowest BCUT2D eigenvalue weighted by molar-refractivity contribution is 0.0696. The minimum absolute atomic E-state index is 0.0205. The van der Waals surface area contributed by atoms with Crippen LogP contribution < -0.4 is 5.56 Å². The number of pyridine rings is 1. The molecule has 0 saturated heterocycles. The quantitative estimate of drug-likeness (QED) is 0.806. The molecule has 0 bridgehead atoms. The van der Waals surface area contributed by atoms with E-state index in [2.05, 4.69) is 0 Å². The Kier molecular flexibility index (Phi) is 3.60. The summed E-state index contributed by atoms with van der Waals surface area (Å²) in [5.74, 6) is -1.11. The zero-order valence-electron chi connectivity index (χ0n) is 11.2. The summed E-state index contributed by atoms with van der Waals surface area (Å²) in [7, 11) is 0. The second-order valence-electron chi connectivity index (χ2n) is 4.59. The number of aromatic carboxylic acids is 1. The predicted octanol–water partition coefficient (Wildman–Crippen LogP) is 3.40. The van der Waals surface area contributed by atoms with Crippen LogP contribution in [0.2, 0.25) is 0 Å². The van der Waals surface area contributed by atoms with Gasteiger partial charge in [0.05, 0.1) is 5.56 Å². The summed E-state index contributed by atoms with van der Waals surface area (Å²) in [6.07, 6.45) is 1.28. The normalized spacial score (nSPS) is 10.6. The molecule has 0 radical (unpaired) electrons. The fourth-order valence-electron chi connectivity index (χ4n) is 2.09. The molecule has 1 N–H and O–H groups in total. The van der Waals surface area contributed by atoms with Crippen LogP contribution >= 0.6 is 11.3 Å². The van der Waals surface area contributed by atoms with Crippen molar-refractivity contribution in [3.8, 4) is 16.1 Å². The van der Waals surface area contributed by atoms with Gasteiger partial charge < -0.3 is 5.11 Å². The Hall–Kier alpha value is -2.73. The molecule has 1 aromatic carbocycles. The average molecular weight is 315 g/mol. The van der Waals surface area contributed by atoms with Crippen molar-refractivity contribution in [2.75, 3.05) is 0 Å². The first-order valence-corrected chi connectivity index (χ1v) is 7.18. The number of thiophene rings is 1. The molecule has 3 rings (SSSR count). The Bertz CT molecular complexity index is 914. The second-order valence-corrected chi connectivity index (χ2v) is 5.62. The fourth-order valence-corrected chi connectivity index (χ4v) is 2.82. The number of carboxylic acid groups (broad SMARTS) is 1. The Morgan fingerprint density at radius 1 is 1.14 bits per heavy atom. The number of nitrogens with zero attached hydrogens (tertiary/aromatic N) is 1. The summed E-state index contributed by atoms with van der Waals surface area (Å²) in [5, 5.41) is 8.74. The number of aromatic nitrogens is 1. The zero-order valence-corrected chi connectivity index (χ0v) is 12.0. The van der Waals surface area contributed by atoms with Gasteiger partial charge in [0.2, 0.25) is 0 Å². The Labute approximate surface area is 128 Å². The van der Waals surface area contributed by atoms with Crippen molar-refractivity contribution in [2.24, 2.45) is 0 Å². The molecule has 0 aliphatic rings. The highest BCUT2D eigenvalue weighted by molar-refractivity contribution is 7.13. The highest BCUT2D eigenvalue weighted by Gasteiger charge is 2.08. The summed E-state index contributed by atoms with van der Waals surface area (Å²) in [5.41, 5.74) is 0.977. The van der Waals surface area contributed by atoms with E-state index in [1.54, 1.807) is 30.3 Å². The van der Waals surface area contributed by atoms with Crippen molar-refractivity contribution in [3.05, 3.63) is 75.8 Å². The molecular weight excluding hydrogens is 305 g/mol. The smallest absolute Gasteiger partial charge is 0.337 e. The van der Waals surface area contributed by atoms with Crippen molar-refractivity contribution in [3.63, 3.8) is 0 Å². The summed E-state index contributed by atoms with van der Waals surface area (Å²) in [4.78, 5) is 23.7. The molecule has 0 amide bonds. The van der Waals surface area contributed by atoms with Gasteiger partial charge in [0.1, 0.15) is 0 Å². The molecule has 4 nitrogen and oxygen atoms in total. The Morgan fingerprint density at radius 2 is 1.95 bits per heavy atom. The maximum atomic E-state index is 13.1. The van der Waals surface area contributed by atoms with Gasteiger partial charge in [0, 0.05) is 22.8 Å². The molecule has 0 atom stereocenters. The fraction of sp³-hybridized carbons (Fsp3) is 0. The van der Waals surface area contributed by atoms with Crippen LogP contribution in [0, 0.1) is 5.13 Å². The van der Waals surface area contributed by atoms with Crippen molar-refractivity contribution >= 4 is 17.3 Å². The third-order valence-electron chi connectivity index (χ3n) is 3.14. The van der Waals surface area contributed by atoms with Crippen LogP contribution in [-0.2, 0) is 0 Å². The van der Waals surface area contributed by atoms with Crippen LogP contribution in [0.15, 0.2) is 59.5 Å². The van der Waals surface area contributed by atoms with E-state index in [1.807, 2.05) is 0 Å². The minimum atomic E-state index is -1.11. The number of rotatable bonds is 3. The first-order chi connectivity index (χ1) is 10.5. The van der Waals surface area contributed by atoms with Gasteiger partial charge in [0.25, 0.3) is 5.56 Å². The highest BCUT2D eigenvalue weighted by Crippen LogP contribution is 2.28. The third kappa shape index (κ3) is 2.68. The van der Waals surface area contributed by atoms with Crippen LogP contribution in [-0.4, -0.2) is 15.6 Å². The molecule has 0 unspecified atom stereocenters. The first kappa shape index (κ1) is 14.2. The standard InChI is InChI=1S/C16H10FNO3S/c17-14-6-5-13(22-14)10-2-1-3-12(8-10)18-9-11(16(20)21)4-7-15(18)19/h1-9H,(H,20,21). The molecule has 0 aliphatic carbocycles. The van der Waals surface area contributed by atoms with Crippen molar-refractivity contribution < 1.29 is 14.3 Å². The predicted molar refractivity (Wildman–Crippen MR) is 82.3 cm³/mol. The largest absolute Gasteiger partial charge is 0.478 e. The Balaban J connectivity index is 2.11. The van der Waals surface area contributed by atoms with E-state index in [1.165, 1.54) is 29.0 Å². The van der Waals surface area contributed by atoms with Gasteiger partial charge in [-0.25, -0.2) is 4.79 Å². The number of hydrogen-bond donors (Lipinski definition) is 1. The third-order valence-corrected chi connectivity index (χ3v) is 4.06. The van der Waals surface area contributed by atoms with Gasteiger partial charge in [-0.05, 0) is 35.9 Å². The van der Waals surface area contributed by atoms with Crippen LogP contribution in [0.4, 0.5) is 4.39 Å². The van der Waals surface area contributed by atoms with Crippen molar-refractivity contribution in [2.45, 2.75) is 0 Å². The maximum Gasteiger partial charge on any atom is 0.337 e. The molecule has 0 spiro atoms. The summed E-state index contributed by atoms with van der Waals surface area (Å²) in [6, 6.07) is 12.5. The molecule has 0 aliphatic heterocycles. The molecule has 2 aromatic heterocycles. The monoisotopic (exact) mass is 315 g/mol. The van der Waals surface area contributed by atoms with Gasteiger partial charge in [-0.15, -0.1) is 11.3 Å². The topological polar surface area (TPSA) is 59.3 Å². The van der Waals surface area contributed by atoms with E-state index >= 15 is 0 Å². The van der Waals surface area contributed by atoms with Crippen LogP contribution in [0.3, 0.4) is 0 Å². The molecule has 6 heteroatoms. The Morgan fingerprint density at radius 3 is 2.64 bits per heavy atom. The van der Waals surface area contributed by atoms with E-state index in [-0.39, 0.29) is 16.3 Å². The second kappa shape index (κ2) is 5.57. The maximum absolute atomic E-state index is 13.1. The first-order valence-electron chi connectivity index (χ1n) is 6.37. The van der Waals surface area contributed by atoms with E-state index in [0.717, 1.165) is 21.8 Å². The van der Waals surface area contributed by atoms with E-state index < -0.39 is 5.97 Å². The lowest BCUT2D eigenvalue weighted by atomic mass is 10.1. The van der Waals surface area contributed by atoms with Crippen molar-refractivity contribution in [1.82, 2.24) is 4.57 Å². The lowest BCUT2D eigenvalue weighted by Crippen LogP contribution is -2.18. The molecule has 110 valence electrons. The number of benzene rings is 1.